The molecule has 1 aliphatic rings. The lowest BCUT2D eigenvalue weighted by atomic mass is 9.98. The molecule has 3 heteroatoms. The first-order chi connectivity index (χ1) is 7.81. The summed E-state index contributed by atoms with van der Waals surface area (Å²) in [7, 11) is 1.46. The molecule has 0 spiro atoms. The van der Waals surface area contributed by atoms with E-state index >= 15 is 0 Å². The summed E-state index contributed by atoms with van der Waals surface area (Å²) in [5.41, 5.74) is 1.19. The summed E-state index contributed by atoms with van der Waals surface area (Å²) in [6.07, 6.45) is 1.99. The molecule has 1 heterocycles. The Morgan fingerprint density at radius 2 is 2.12 bits per heavy atom. The molecule has 2 rings (SSSR count). The Bertz CT molecular complexity index is 350. The van der Waals surface area contributed by atoms with Gasteiger partial charge in [0.15, 0.2) is 0 Å². The van der Waals surface area contributed by atoms with Crippen LogP contribution < -0.4 is 4.90 Å². The summed E-state index contributed by atoms with van der Waals surface area (Å²) in [6.45, 7) is 1.80. The van der Waals surface area contributed by atoms with Crippen molar-refractivity contribution in [2.75, 3.05) is 25.1 Å². The van der Waals surface area contributed by atoms with Crippen molar-refractivity contribution in [3.8, 4) is 0 Å². The number of ether oxygens (including phenoxy) is 1. The number of para-hydroxylation sites is 1. The Balaban J connectivity index is 2.05. The fourth-order valence-corrected chi connectivity index (χ4v) is 2.21. The van der Waals surface area contributed by atoms with Gasteiger partial charge in [0.2, 0.25) is 0 Å². The van der Waals surface area contributed by atoms with Crippen molar-refractivity contribution < 1.29 is 9.53 Å². The third-order valence-corrected chi connectivity index (χ3v) is 3.08. The second-order valence-corrected chi connectivity index (χ2v) is 4.14. The highest BCUT2D eigenvalue weighted by Crippen LogP contribution is 2.23. The van der Waals surface area contributed by atoms with Crippen molar-refractivity contribution in [1.82, 2.24) is 0 Å². The zero-order valence-electron chi connectivity index (χ0n) is 9.56. The maximum Gasteiger partial charge on any atom is 0.310 e. The summed E-state index contributed by atoms with van der Waals surface area (Å²) in [6, 6.07) is 10.2. The summed E-state index contributed by atoms with van der Waals surface area (Å²) >= 11 is 0. The van der Waals surface area contributed by atoms with Crippen LogP contribution in [0.15, 0.2) is 30.3 Å². The van der Waals surface area contributed by atoms with Crippen molar-refractivity contribution in [3.63, 3.8) is 0 Å². The highest BCUT2D eigenvalue weighted by atomic mass is 16.5. The van der Waals surface area contributed by atoms with Crippen LogP contribution in [0, 0.1) is 5.92 Å². The van der Waals surface area contributed by atoms with Gasteiger partial charge < -0.3 is 9.64 Å². The van der Waals surface area contributed by atoms with Crippen molar-refractivity contribution in [2.45, 2.75) is 12.8 Å². The molecule has 1 fully saturated rings. The second kappa shape index (κ2) is 5.01. The lowest BCUT2D eigenvalue weighted by molar-refractivity contribution is -0.145. The first-order valence-corrected chi connectivity index (χ1v) is 5.69. The summed E-state index contributed by atoms with van der Waals surface area (Å²) < 4.78 is 4.81. The molecule has 0 bridgehead atoms. The molecular formula is C13H17NO2. The van der Waals surface area contributed by atoms with Crippen LogP contribution in [0.25, 0.3) is 0 Å². The van der Waals surface area contributed by atoms with Crippen molar-refractivity contribution in [1.29, 1.82) is 0 Å². The number of carbonyl (C=O) groups is 1. The monoisotopic (exact) mass is 219 g/mol. The van der Waals surface area contributed by atoms with Crippen LogP contribution in [0.4, 0.5) is 5.69 Å². The minimum atomic E-state index is -0.0827. The fourth-order valence-electron chi connectivity index (χ4n) is 2.21. The van der Waals surface area contributed by atoms with Gasteiger partial charge in [-0.25, -0.2) is 0 Å². The summed E-state index contributed by atoms with van der Waals surface area (Å²) in [4.78, 5) is 13.7. The standard InChI is InChI=1S/C13H17NO2/c1-16-13(15)11-6-5-9-14(10-11)12-7-3-2-4-8-12/h2-4,7-8,11H,5-6,9-10H2,1H3/t11-/m0/s1. The summed E-state index contributed by atoms with van der Waals surface area (Å²) in [5, 5.41) is 0. The minimum absolute atomic E-state index is 0.0268. The van der Waals surface area contributed by atoms with Gasteiger partial charge in [-0.2, -0.15) is 0 Å². The number of piperidine rings is 1. The zero-order chi connectivity index (χ0) is 11.4. The molecule has 0 radical (unpaired) electrons. The van der Waals surface area contributed by atoms with Crippen molar-refractivity contribution in [2.24, 2.45) is 5.92 Å². The van der Waals surface area contributed by atoms with E-state index in [9.17, 15) is 4.79 Å². The average Bonchev–Trinajstić information content (AvgIpc) is 2.39. The molecule has 0 aliphatic carbocycles. The molecule has 1 aliphatic heterocycles. The molecule has 1 aromatic rings. The van der Waals surface area contributed by atoms with E-state index in [1.807, 2.05) is 18.2 Å². The highest BCUT2D eigenvalue weighted by molar-refractivity contribution is 5.73. The van der Waals surface area contributed by atoms with Crippen LogP contribution in [0.1, 0.15) is 12.8 Å². The quantitative estimate of drug-likeness (QED) is 0.713. The number of carbonyl (C=O) groups excluding carboxylic acids is 1. The molecule has 1 aromatic carbocycles. The molecule has 1 atom stereocenters. The number of hydrogen-bond acceptors (Lipinski definition) is 3. The number of methoxy groups -OCH3 is 1. The Hall–Kier alpha value is -1.51. The lowest BCUT2D eigenvalue weighted by Gasteiger charge is -2.33. The number of anilines is 1. The third kappa shape index (κ3) is 2.35. The maximum atomic E-state index is 11.5. The molecule has 0 unspecified atom stereocenters. The fraction of sp³-hybridized carbons (Fsp3) is 0.462. The second-order valence-electron chi connectivity index (χ2n) is 4.14. The SMILES string of the molecule is COC(=O)[C@H]1CCCN(c2ccccc2)C1. The molecule has 1 saturated heterocycles. The van der Waals surface area contributed by atoms with E-state index in [2.05, 4.69) is 17.0 Å². The van der Waals surface area contributed by atoms with Gasteiger partial charge in [0.25, 0.3) is 0 Å². The largest absolute Gasteiger partial charge is 0.469 e. The highest BCUT2D eigenvalue weighted by Gasteiger charge is 2.26. The van der Waals surface area contributed by atoms with Crippen molar-refractivity contribution >= 4 is 11.7 Å². The summed E-state index contributed by atoms with van der Waals surface area (Å²) in [5.74, 6) is -0.0559. The molecule has 3 nitrogen and oxygen atoms in total. The maximum absolute atomic E-state index is 11.5. The predicted molar refractivity (Wildman–Crippen MR) is 63.4 cm³/mol. The van der Waals surface area contributed by atoms with Crippen LogP contribution in [0.5, 0.6) is 0 Å². The van der Waals surface area contributed by atoms with Crippen molar-refractivity contribution in [3.05, 3.63) is 30.3 Å². The van der Waals surface area contributed by atoms with E-state index in [-0.39, 0.29) is 11.9 Å². The third-order valence-electron chi connectivity index (χ3n) is 3.08. The molecular weight excluding hydrogens is 202 g/mol. The Morgan fingerprint density at radius 1 is 1.38 bits per heavy atom. The number of nitrogens with zero attached hydrogens (tertiary/aromatic N) is 1. The zero-order valence-corrected chi connectivity index (χ0v) is 9.56. The van der Waals surface area contributed by atoms with Gasteiger partial charge in [-0.05, 0) is 25.0 Å². The molecule has 0 saturated carbocycles. The minimum Gasteiger partial charge on any atom is -0.469 e. The molecule has 86 valence electrons. The number of rotatable bonds is 2. The Labute approximate surface area is 96.0 Å². The average molecular weight is 219 g/mol. The van der Waals surface area contributed by atoms with Crippen LogP contribution in [0.2, 0.25) is 0 Å². The van der Waals surface area contributed by atoms with Crippen LogP contribution >= 0.6 is 0 Å². The van der Waals surface area contributed by atoms with Gasteiger partial charge in [-0.1, -0.05) is 18.2 Å². The van der Waals surface area contributed by atoms with Crippen LogP contribution in [0.3, 0.4) is 0 Å². The normalized spacial score (nSPS) is 20.6. The van der Waals surface area contributed by atoms with Gasteiger partial charge in [0, 0.05) is 18.8 Å². The lowest BCUT2D eigenvalue weighted by Crippen LogP contribution is -2.39. The number of benzene rings is 1. The first-order valence-electron chi connectivity index (χ1n) is 5.69. The van der Waals surface area contributed by atoms with E-state index in [0.717, 1.165) is 25.9 Å². The van der Waals surface area contributed by atoms with E-state index in [1.54, 1.807) is 0 Å². The van der Waals surface area contributed by atoms with Gasteiger partial charge in [0.05, 0.1) is 13.0 Å². The van der Waals surface area contributed by atoms with Gasteiger partial charge in [-0.15, -0.1) is 0 Å². The van der Waals surface area contributed by atoms with Gasteiger partial charge in [-0.3, -0.25) is 4.79 Å². The topological polar surface area (TPSA) is 29.5 Å². The smallest absolute Gasteiger partial charge is 0.310 e. The molecule has 16 heavy (non-hydrogen) atoms. The van der Waals surface area contributed by atoms with Gasteiger partial charge >= 0.3 is 5.97 Å². The Kier molecular flexibility index (Phi) is 3.44. The Morgan fingerprint density at radius 3 is 2.81 bits per heavy atom. The number of esters is 1. The number of hydrogen-bond donors (Lipinski definition) is 0. The first kappa shape index (κ1) is 11.0. The molecule has 0 N–H and O–H groups in total. The van der Waals surface area contributed by atoms with E-state index < -0.39 is 0 Å². The van der Waals surface area contributed by atoms with Crippen LogP contribution in [-0.2, 0) is 9.53 Å². The molecule has 0 amide bonds. The predicted octanol–water partition coefficient (Wildman–Crippen LogP) is 2.08. The van der Waals surface area contributed by atoms with E-state index in [1.165, 1.54) is 12.8 Å². The molecule has 0 aromatic heterocycles. The van der Waals surface area contributed by atoms with E-state index in [0.29, 0.717) is 0 Å². The van der Waals surface area contributed by atoms with Gasteiger partial charge in [0.1, 0.15) is 0 Å². The van der Waals surface area contributed by atoms with Crippen LogP contribution in [-0.4, -0.2) is 26.2 Å². The van der Waals surface area contributed by atoms with E-state index in [4.69, 9.17) is 4.74 Å².